The predicted molar refractivity (Wildman–Crippen MR) is 84.8 cm³/mol. The number of nitrogens with one attached hydrogen (secondary N) is 1. The van der Waals surface area contributed by atoms with Crippen molar-refractivity contribution in [3.8, 4) is 17.2 Å². The zero-order chi connectivity index (χ0) is 14.9. The summed E-state index contributed by atoms with van der Waals surface area (Å²) in [6.07, 6.45) is 0. The van der Waals surface area contributed by atoms with E-state index in [0.717, 1.165) is 29.3 Å². The molecule has 0 fully saturated rings. The zero-order valence-electron chi connectivity index (χ0n) is 12.5. The van der Waals surface area contributed by atoms with Gasteiger partial charge in [-0.25, -0.2) is 0 Å². The van der Waals surface area contributed by atoms with Gasteiger partial charge in [0.1, 0.15) is 6.61 Å². The third kappa shape index (κ3) is 3.32. The van der Waals surface area contributed by atoms with Crippen molar-refractivity contribution in [2.75, 3.05) is 18.5 Å². The molecule has 0 spiro atoms. The fourth-order valence-electron chi connectivity index (χ4n) is 2.04. The predicted octanol–water partition coefficient (Wildman–Crippen LogP) is 3.57. The number of hydrogen-bond donors (Lipinski definition) is 1. The minimum Gasteiger partial charge on any atom is -0.489 e. The topological polar surface area (TPSA) is 60.2 Å². The zero-order valence-corrected chi connectivity index (χ0v) is 13.3. The summed E-state index contributed by atoms with van der Waals surface area (Å²) < 4.78 is 11.3. The second-order valence-electron chi connectivity index (χ2n) is 5.87. The van der Waals surface area contributed by atoms with E-state index >= 15 is 0 Å². The minimum atomic E-state index is 0.180. The molecule has 2 heterocycles. The monoisotopic (exact) mass is 305 g/mol. The Morgan fingerprint density at radius 3 is 3.00 bits per heavy atom. The number of nitrogens with zero attached hydrogens (tertiary/aromatic N) is 2. The van der Waals surface area contributed by atoms with Crippen molar-refractivity contribution in [3.05, 3.63) is 24.0 Å². The number of ether oxygens (including phenoxy) is 1. The molecule has 0 amide bonds. The molecule has 1 aliphatic heterocycles. The third-order valence-electron chi connectivity index (χ3n) is 3.01. The first-order valence-electron chi connectivity index (χ1n) is 6.99. The molecule has 0 saturated carbocycles. The van der Waals surface area contributed by atoms with Crippen LogP contribution in [0.15, 0.2) is 22.7 Å². The first-order valence-corrected chi connectivity index (χ1v) is 7.98. The van der Waals surface area contributed by atoms with Crippen molar-refractivity contribution in [3.63, 3.8) is 0 Å². The standard InChI is InChI=1S/C15H19N3O2S/c1-15(2,3)21-9-12-17-14(20-18-12)10-5-4-6-11-13(10)19-8-7-16-11/h4-6,16H,7-9H2,1-3H3. The molecule has 3 rings (SSSR count). The largest absolute Gasteiger partial charge is 0.489 e. The van der Waals surface area contributed by atoms with E-state index in [1.807, 2.05) is 18.2 Å². The molecule has 0 atom stereocenters. The van der Waals surface area contributed by atoms with Crippen LogP contribution in [0.3, 0.4) is 0 Å². The lowest BCUT2D eigenvalue weighted by Gasteiger charge is -2.20. The maximum absolute atomic E-state index is 5.74. The number of thioether (sulfide) groups is 1. The Hall–Kier alpha value is -1.69. The molecule has 6 heteroatoms. The highest BCUT2D eigenvalue weighted by Crippen LogP contribution is 2.37. The number of benzene rings is 1. The van der Waals surface area contributed by atoms with E-state index in [4.69, 9.17) is 9.26 Å². The lowest BCUT2D eigenvalue weighted by molar-refractivity contribution is 0.322. The van der Waals surface area contributed by atoms with Crippen LogP contribution >= 0.6 is 11.8 Å². The van der Waals surface area contributed by atoms with Gasteiger partial charge in [-0.1, -0.05) is 32.0 Å². The Balaban J connectivity index is 1.83. The van der Waals surface area contributed by atoms with E-state index in [1.54, 1.807) is 11.8 Å². The molecule has 21 heavy (non-hydrogen) atoms. The maximum atomic E-state index is 5.74. The van der Waals surface area contributed by atoms with Crippen molar-refractivity contribution in [2.45, 2.75) is 31.3 Å². The van der Waals surface area contributed by atoms with Crippen LogP contribution in [0.25, 0.3) is 11.5 Å². The summed E-state index contributed by atoms with van der Waals surface area (Å²) in [5.41, 5.74) is 1.82. The average Bonchev–Trinajstić information content (AvgIpc) is 2.92. The molecule has 2 aromatic rings. The third-order valence-corrected chi connectivity index (χ3v) is 4.28. The lowest BCUT2D eigenvalue weighted by atomic mass is 10.1. The number of rotatable bonds is 3. The van der Waals surface area contributed by atoms with Crippen LogP contribution in [0.4, 0.5) is 5.69 Å². The Labute approximate surface area is 128 Å². The van der Waals surface area contributed by atoms with Gasteiger partial charge in [0, 0.05) is 11.3 Å². The molecule has 1 aliphatic rings. The van der Waals surface area contributed by atoms with Gasteiger partial charge in [-0.2, -0.15) is 4.98 Å². The lowest BCUT2D eigenvalue weighted by Crippen LogP contribution is -2.18. The summed E-state index contributed by atoms with van der Waals surface area (Å²) in [5.74, 6) is 2.76. The molecule has 5 nitrogen and oxygen atoms in total. The fraction of sp³-hybridized carbons (Fsp3) is 0.467. The SMILES string of the molecule is CC(C)(C)SCc1noc(-c2cccc3c2OCCN3)n1. The van der Waals surface area contributed by atoms with Gasteiger partial charge in [-0.05, 0) is 12.1 Å². The molecule has 1 aromatic carbocycles. The molecule has 0 aliphatic carbocycles. The molecule has 112 valence electrons. The second-order valence-corrected chi connectivity index (χ2v) is 7.68. The average molecular weight is 305 g/mol. The molecular weight excluding hydrogens is 286 g/mol. The van der Waals surface area contributed by atoms with Crippen LogP contribution in [0.2, 0.25) is 0 Å². The van der Waals surface area contributed by atoms with Crippen LogP contribution in [-0.4, -0.2) is 28.0 Å². The summed E-state index contributed by atoms with van der Waals surface area (Å²) >= 11 is 1.80. The highest BCUT2D eigenvalue weighted by atomic mass is 32.2. The van der Waals surface area contributed by atoms with Crippen LogP contribution in [0, 0.1) is 0 Å². The smallest absolute Gasteiger partial charge is 0.261 e. The first kappa shape index (κ1) is 14.3. The fourth-order valence-corrected chi connectivity index (χ4v) is 2.72. The molecule has 0 saturated heterocycles. The number of para-hydroxylation sites is 1. The number of anilines is 1. The van der Waals surface area contributed by atoms with Crippen molar-refractivity contribution < 1.29 is 9.26 Å². The van der Waals surface area contributed by atoms with Crippen LogP contribution < -0.4 is 10.1 Å². The van der Waals surface area contributed by atoms with E-state index in [1.165, 1.54) is 0 Å². The van der Waals surface area contributed by atoms with E-state index in [0.29, 0.717) is 18.3 Å². The van der Waals surface area contributed by atoms with Crippen LogP contribution in [0.5, 0.6) is 5.75 Å². The maximum Gasteiger partial charge on any atom is 0.261 e. The van der Waals surface area contributed by atoms with E-state index in [-0.39, 0.29) is 4.75 Å². The highest BCUT2D eigenvalue weighted by Gasteiger charge is 2.20. The first-order chi connectivity index (χ1) is 10.0. The second kappa shape index (κ2) is 5.60. The summed E-state index contributed by atoms with van der Waals surface area (Å²) in [7, 11) is 0. The normalized spacial score (nSPS) is 14.2. The van der Waals surface area contributed by atoms with E-state index in [9.17, 15) is 0 Å². The minimum absolute atomic E-state index is 0.180. The molecule has 1 aromatic heterocycles. The molecule has 0 unspecified atom stereocenters. The number of aromatic nitrogens is 2. The molecular formula is C15H19N3O2S. The van der Waals surface area contributed by atoms with Crippen LogP contribution in [-0.2, 0) is 5.75 Å². The van der Waals surface area contributed by atoms with Gasteiger partial charge in [0.2, 0.25) is 0 Å². The van der Waals surface area contributed by atoms with Gasteiger partial charge >= 0.3 is 0 Å². The van der Waals surface area contributed by atoms with E-state index < -0.39 is 0 Å². The van der Waals surface area contributed by atoms with Crippen molar-refractivity contribution in [1.82, 2.24) is 10.1 Å². The molecule has 1 N–H and O–H groups in total. The van der Waals surface area contributed by atoms with Gasteiger partial charge in [0.15, 0.2) is 11.6 Å². The molecule has 0 radical (unpaired) electrons. The van der Waals surface area contributed by atoms with Crippen molar-refractivity contribution in [2.24, 2.45) is 0 Å². The van der Waals surface area contributed by atoms with Gasteiger partial charge in [0.05, 0.1) is 17.0 Å². The van der Waals surface area contributed by atoms with Crippen molar-refractivity contribution in [1.29, 1.82) is 0 Å². The summed E-state index contributed by atoms with van der Waals surface area (Å²) in [6, 6.07) is 5.90. The van der Waals surface area contributed by atoms with Gasteiger partial charge in [0.25, 0.3) is 5.89 Å². The summed E-state index contributed by atoms with van der Waals surface area (Å²) in [6.45, 7) is 7.97. The summed E-state index contributed by atoms with van der Waals surface area (Å²) in [4.78, 5) is 4.49. The Morgan fingerprint density at radius 1 is 1.33 bits per heavy atom. The van der Waals surface area contributed by atoms with Crippen molar-refractivity contribution >= 4 is 17.4 Å². The Bertz CT molecular complexity index is 634. The Morgan fingerprint density at radius 2 is 2.19 bits per heavy atom. The number of hydrogen-bond acceptors (Lipinski definition) is 6. The van der Waals surface area contributed by atoms with Gasteiger partial charge in [-0.3, -0.25) is 0 Å². The summed E-state index contributed by atoms with van der Waals surface area (Å²) in [5, 5.41) is 7.37. The number of fused-ring (bicyclic) bond motifs is 1. The highest BCUT2D eigenvalue weighted by molar-refractivity contribution is 7.99. The molecule has 0 bridgehead atoms. The van der Waals surface area contributed by atoms with Gasteiger partial charge in [-0.15, -0.1) is 11.8 Å². The quantitative estimate of drug-likeness (QED) is 0.935. The van der Waals surface area contributed by atoms with E-state index in [2.05, 4.69) is 36.2 Å². The van der Waals surface area contributed by atoms with Crippen LogP contribution in [0.1, 0.15) is 26.6 Å². The Kier molecular flexibility index (Phi) is 3.80. The van der Waals surface area contributed by atoms with Gasteiger partial charge < -0.3 is 14.6 Å².